The van der Waals surface area contributed by atoms with Crippen molar-refractivity contribution in [2.24, 2.45) is 0 Å². The van der Waals surface area contributed by atoms with Gasteiger partial charge in [-0.05, 0) is 80.8 Å². The lowest BCUT2D eigenvalue weighted by atomic mass is 10.1. The van der Waals surface area contributed by atoms with Crippen LogP contribution < -0.4 is 24.3 Å². The Bertz CT molecular complexity index is 1430. The predicted octanol–water partition coefficient (Wildman–Crippen LogP) is 6.19. The van der Waals surface area contributed by atoms with E-state index in [1.54, 1.807) is 42.4 Å². The van der Waals surface area contributed by atoms with Crippen LogP contribution in [0.1, 0.15) is 46.5 Å². The molecule has 4 aromatic rings. The highest BCUT2D eigenvalue weighted by Crippen LogP contribution is 2.29. The van der Waals surface area contributed by atoms with Gasteiger partial charge in [-0.25, -0.2) is 0 Å². The van der Waals surface area contributed by atoms with Crippen LogP contribution in [0.25, 0.3) is 0 Å². The monoisotopic (exact) mass is 529 g/mol. The van der Waals surface area contributed by atoms with Crippen LogP contribution in [-0.2, 0) is 13.2 Å². The lowest BCUT2D eigenvalue weighted by molar-refractivity contribution is 0.102. The number of benzene rings is 3. The van der Waals surface area contributed by atoms with Crippen LogP contribution >= 0.6 is 0 Å². The first-order valence-electron chi connectivity index (χ1n) is 13.0. The highest BCUT2D eigenvalue weighted by atomic mass is 16.5. The summed E-state index contributed by atoms with van der Waals surface area (Å²) in [6.45, 7) is 9.82. The summed E-state index contributed by atoms with van der Waals surface area (Å²) in [6.07, 6.45) is 3.42. The third-order valence-corrected chi connectivity index (χ3v) is 6.11. The third-order valence-electron chi connectivity index (χ3n) is 6.11. The van der Waals surface area contributed by atoms with Gasteiger partial charge in [0.1, 0.15) is 18.1 Å². The van der Waals surface area contributed by atoms with E-state index in [1.165, 1.54) is 0 Å². The number of nitrogens with one attached hydrogen (secondary N) is 1. The van der Waals surface area contributed by atoms with E-state index in [2.05, 4.69) is 10.4 Å². The van der Waals surface area contributed by atoms with Gasteiger partial charge in [0.2, 0.25) is 0 Å². The summed E-state index contributed by atoms with van der Waals surface area (Å²) >= 11 is 0. The second-order valence-corrected chi connectivity index (χ2v) is 9.11. The molecule has 0 aliphatic carbocycles. The molecule has 1 heterocycles. The molecule has 0 bridgehead atoms. The fourth-order valence-corrected chi connectivity index (χ4v) is 4.15. The number of carbonyl (C=O) groups excluding carboxylic acids is 1. The van der Waals surface area contributed by atoms with E-state index in [1.807, 2.05) is 64.1 Å². The number of ether oxygens (including phenoxy) is 4. The maximum atomic E-state index is 13.1. The number of amides is 1. The van der Waals surface area contributed by atoms with Crippen molar-refractivity contribution in [2.75, 3.05) is 25.6 Å². The molecule has 0 saturated heterocycles. The van der Waals surface area contributed by atoms with Gasteiger partial charge in [0.15, 0.2) is 11.5 Å². The number of carbonyl (C=O) groups is 1. The lowest BCUT2D eigenvalue weighted by Crippen LogP contribution is -2.12. The van der Waals surface area contributed by atoms with Gasteiger partial charge in [0, 0.05) is 17.3 Å². The number of methoxy groups -OCH3 is 1. The van der Waals surface area contributed by atoms with Gasteiger partial charge in [-0.2, -0.15) is 5.10 Å². The zero-order valence-corrected chi connectivity index (χ0v) is 23.1. The summed E-state index contributed by atoms with van der Waals surface area (Å²) in [7, 11) is 1.60. The molecule has 0 atom stereocenters. The van der Waals surface area contributed by atoms with E-state index >= 15 is 0 Å². The van der Waals surface area contributed by atoms with Gasteiger partial charge in [0.05, 0.1) is 38.8 Å². The van der Waals surface area contributed by atoms with E-state index < -0.39 is 0 Å². The Kier molecular flexibility index (Phi) is 9.10. The normalized spacial score (nSPS) is 10.7. The minimum Gasteiger partial charge on any atom is -0.496 e. The number of aromatic nitrogens is 2. The molecule has 0 radical (unpaired) electrons. The van der Waals surface area contributed by atoms with Crippen molar-refractivity contribution in [3.05, 3.63) is 94.8 Å². The zero-order chi connectivity index (χ0) is 27.8. The Morgan fingerprint density at radius 2 is 1.64 bits per heavy atom. The van der Waals surface area contributed by atoms with Crippen LogP contribution in [0, 0.1) is 13.8 Å². The number of anilines is 1. The van der Waals surface area contributed by atoms with Crippen LogP contribution in [0.15, 0.2) is 67.0 Å². The fourth-order valence-electron chi connectivity index (χ4n) is 4.15. The van der Waals surface area contributed by atoms with E-state index in [0.29, 0.717) is 42.5 Å². The summed E-state index contributed by atoms with van der Waals surface area (Å²) in [5.74, 6) is 2.64. The van der Waals surface area contributed by atoms with E-state index in [9.17, 15) is 4.79 Å². The molecule has 4 rings (SSSR count). The second-order valence-electron chi connectivity index (χ2n) is 9.11. The van der Waals surface area contributed by atoms with Gasteiger partial charge >= 0.3 is 0 Å². The summed E-state index contributed by atoms with van der Waals surface area (Å²) < 4.78 is 24.7. The average Bonchev–Trinajstić information content (AvgIpc) is 3.37. The molecule has 0 aliphatic heterocycles. The highest BCUT2D eigenvalue weighted by molar-refractivity contribution is 6.04. The molecule has 204 valence electrons. The summed E-state index contributed by atoms with van der Waals surface area (Å²) in [6, 6.07) is 17.2. The molecule has 39 heavy (non-hydrogen) atoms. The molecule has 0 spiro atoms. The topological polar surface area (TPSA) is 83.8 Å². The minimum absolute atomic E-state index is 0.245. The number of aryl methyl sites for hydroxylation is 2. The Labute approximate surface area is 229 Å². The van der Waals surface area contributed by atoms with Gasteiger partial charge in [-0.3, -0.25) is 9.48 Å². The molecule has 1 N–H and O–H groups in total. The largest absolute Gasteiger partial charge is 0.496 e. The van der Waals surface area contributed by atoms with Crippen LogP contribution in [-0.4, -0.2) is 36.0 Å². The van der Waals surface area contributed by atoms with Crippen molar-refractivity contribution in [3.63, 3.8) is 0 Å². The maximum absolute atomic E-state index is 13.1. The Hall–Kier alpha value is -4.46. The van der Waals surface area contributed by atoms with E-state index in [4.69, 9.17) is 18.9 Å². The summed E-state index contributed by atoms with van der Waals surface area (Å²) in [5.41, 5.74) is 5.04. The number of nitrogens with zero attached hydrogens (tertiary/aromatic N) is 2. The van der Waals surface area contributed by atoms with Crippen LogP contribution in [0.4, 0.5) is 5.69 Å². The summed E-state index contributed by atoms with van der Waals surface area (Å²) in [4.78, 5) is 13.1. The van der Waals surface area contributed by atoms with Crippen molar-refractivity contribution in [1.82, 2.24) is 9.78 Å². The molecule has 1 aromatic heterocycles. The van der Waals surface area contributed by atoms with E-state index in [-0.39, 0.29) is 12.5 Å². The predicted molar refractivity (Wildman–Crippen MR) is 151 cm³/mol. The Morgan fingerprint density at radius 1 is 0.872 bits per heavy atom. The van der Waals surface area contributed by atoms with Gasteiger partial charge in [0.25, 0.3) is 5.91 Å². The quantitative estimate of drug-likeness (QED) is 0.236. The molecular weight excluding hydrogens is 494 g/mol. The van der Waals surface area contributed by atoms with Crippen molar-refractivity contribution in [1.29, 1.82) is 0 Å². The minimum atomic E-state index is -0.245. The zero-order valence-electron chi connectivity index (χ0n) is 23.1. The number of hydrogen-bond acceptors (Lipinski definition) is 6. The number of rotatable bonds is 12. The van der Waals surface area contributed by atoms with Crippen LogP contribution in [0.2, 0.25) is 0 Å². The number of hydrogen-bond donors (Lipinski definition) is 1. The van der Waals surface area contributed by atoms with Crippen LogP contribution in [0.5, 0.6) is 23.0 Å². The van der Waals surface area contributed by atoms with Crippen molar-refractivity contribution in [2.45, 2.75) is 40.8 Å². The summed E-state index contributed by atoms with van der Waals surface area (Å²) in [5, 5.41) is 7.33. The molecule has 0 saturated carbocycles. The van der Waals surface area contributed by atoms with Crippen LogP contribution in [0.3, 0.4) is 0 Å². The molecule has 1 amide bonds. The molecule has 0 aliphatic rings. The molecular formula is C31H35N3O5. The second kappa shape index (κ2) is 12.9. The fraction of sp³-hybridized carbons (Fsp3) is 0.290. The van der Waals surface area contributed by atoms with Crippen molar-refractivity contribution in [3.8, 4) is 23.0 Å². The SMILES string of the molecule is CCOc1ccc(Cn2cc(NC(=O)c3ccc(OC)c(COc4cc(C)ccc4C)c3)cn2)cc1OCC. The average molecular weight is 530 g/mol. The first-order chi connectivity index (χ1) is 18.9. The molecule has 3 aromatic carbocycles. The standard InChI is InChI=1S/C31H35N3O5/c1-6-37-28-12-10-23(15-30(28)38-7-2)18-34-19-26(17-32-34)33-31(35)24-11-13-27(36-5)25(16-24)20-39-29-14-21(3)8-9-22(29)4/h8-17,19H,6-7,18,20H2,1-5H3,(H,33,35). The van der Waals surface area contributed by atoms with Crippen molar-refractivity contribution >= 4 is 11.6 Å². The van der Waals surface area contributed by atoms with Gasteiger partial charge in [-0.15, -0.1) is 0 Å². The van der Waals surface area contributed by atoms with E-state index in [0.717, 1.165) is 33.8 Å². The van der Waals surface area contributed by atoms with Gasteiger partial charge in [-0.1, -0.05) is 18.2 Å². The maximum Gasteiger partial charge on any atom is 0.255 e. The highest BCUT2D eigenvalue weighted by Gasteiger charge is 2.14. The smallest absolute Gasteiger partial charge is 0.255 e. The van der Waals surface area contributed by atoms with Crippen molar-refractivity contribution < 1.29 is 23.7 Å². The lowest BCUT2D eigenvalue weighted by Gasteiger charge is -2.14. The third kappa shape index (κ3) is 7.10. The first-order valence-corrected chi connectivity index (χ1v) is 13.0. The van der Waals surface area contributed by atoms with Gasteiger partial charge < -0.3 is 24.3 Å². The Balaban J connectivity index is 1.43. The first kappa shape index (κ1) is 27.6. The molecule has 8 heteroatoms. The molecule has 8 nitrogen and oxygen atoms in total. The molecule has 0 unspecified atom stereocenters. The Morgan fingerprint density at radius 3 is 2.41 bits per heavy atom. The molecule has 0 fully saturated rings.